The van der Waals surface area contributed by atoms with Gasteiger partial charge in [-0.05, 0) is 41.0 Å². The fourth-order valence-electron chi connectivity index (χ4n) is 2.95. The fourth-order valence-corrected chi connectivity index (χ4v) is 2.95. The maximum atomic E-state index is 13.4. The molecule has 21 heavy (non-hydrogen) atoms. The first-order valence-corrected chi connectivity index (χ1v) is 7.06. The Labute approximate surface area is 124 Å². The van der Waals surface area contributed by atoms with Gasteiger partial charge in [0, 0.05) is 25.7 Å². The van der Waals surface area contributed by atoms with Gasteiger partial charge in [0.05, 0.1) is 7.11 Å². The van der Waals surface area contributed by atoms with Crippen LogP contribution in [0.3, 0.4) is 0 Å². The van der Waals surface area contributed by atoms with Crippen molar-refractivity contribution < 1.29 is 9.13 Å². The van der Waals surface area contributed by atoms with E-state index < -0.39 is 0 Å². The molecule has 0 saturated carbocycles. The first-order chi connectivity index (χ1) is 10.2. The highest BCUT2D eigenvalue weighted by Gasteiger charge is 2.29. The van der Waals surface area contributed by atoms with Gasteiger partial charge in [0.2, 0.25) is 0 Å². The average molecular weight is 286 g/mol. The van der Waals surface area contributed by atoms with E-state index in [9.17, 15) is 4.39 Å². The van der Waals surface area contributed by atoms with Crippen LogP contribution in [0.5, 0.6) is 5.75 Å². The van der Waals surface area contributed by atoms with E-state index in [0.29, 0.717) is 6.54 Å². The molecule has 0 fully saturated rings. The number of nitrogens with two attached hydrogens (primary N) is 1. The highest BCUT2D eigenvalue weighted by Crippen LogP contribution is 2.34. The normalized spacial score (nSPS) is 17.8. The molecule has 4 heteroatoms. The monoisotopic (exact) mass is 286 g/mol. The Balaban J connectivity index is 1.80. The summed E-state index contributed by atoms with van der Waals surface area (Å²) in [4.78, 5) is 2.28. The summed E-state index contributed by atoms with van der Waals surface area (Å²) in [5, 5.41) is 0. The Bertz CT molecular complexity index is 627. The number of rotatable bonds is 4. The van der Waals surface area contributed by atoms with Crippen LogP contribution in [0.1, 0.15) is 22.7 Å². The summed E-state index contributed by atoms with van der Waals surface area (Å²) in [6, 6.07) is 13.1. The molecule has 3 nitrogen and oxygen atoms in total. The lowest BCUT2D eigenvalue weighted by Gasteiger charge is -2.23. The van der Waals surface area contributed by atoms with E-state index in [0.717, 1.165) is 24.4 Å². The van der Waals surface area contributed by atoms with E-state index in [-0.39, 0.29) is 11.9 Å². The minimum atomic E-state index is -0.196. The molecule has 0 spiro atoms. The molecule has 1 aliphatic rings. The van der Waals surface area contributed by atoms with Gasteiger partial charge in [-0.15, -0.1) is 0 Å². The number of hydrogen-bond acceptors (Lipinski definition) is 3. The lowest BCUT2D eigenvalue weighted by molar-refractivity contribution is 0.211. The molecule has 2 aromatic carbocycles. The van der Waals surface area contributed by atoms with Crippen LogP contribution >= 0.6 is 0 Å². The van der Waals surface area contributed by atoms with Crippen LogP contribution in [0.2, 0.25) is 0 Å². The summed E-state index contributed by atoms with van der Waals surface area (Å²) >= 11 is 0. The topological polar surface area (TPSA) is 38.5 Å². The summed E-state index contributed by atoms with van der Waals surface area (Å²) in [7, 11) is 1.66. The van der Waals surface area contributed by atoms with Crippen LogP contribution in [0.25, 0.3) is 0 Å². The number of methoxy groups -OCH3 is 1. The average Bonchev–Trinajstić information content (AvgIpc) is 2.84. The number of benzene rings is 2. The predicted molar refractivity (Wildman–Crippen MR) is 80.4 cm³/mol. The largest absolute Gasteiger partial charge is 0.497 e. The summed E-state index contributed by atoms with van der Waals surface area (Å²) < 4.78 is 18.6. The van der Waals surface area contributed by atoms with Crippen molar-refractivity contribution >= 4 is 0 Å². The summed E-state index contributed by atoms with van der Waals surface area (Å²) in [6.45, 7) is 2.10. The minimum absolute atomic E-state index is 0.0813. The number of nitrogens with zero attached hydrogens (tertiary/aromatic N) is 1. The van der Waals surface area contributed by atoms with Crippen LogP contribution in [-0.2, 0) is 13.1 Å². The van der Waals surface area contributed by atoms with Crippen molar-refractivity contribution in [1.29, 1.82) is 0 Å². The molecule has 1 heterocycles. The van der Waals surface area contributed by atoms with Gasteiger partial charge < -0.3 is 10.5 Å². The van der Waals surface area contributed by atoms with Gasteiger partial charge >= 0.3 is 0 Å². The molecule has 0 radical (unpaired) electrons. The van der Waals surface area contributed by atoms with Gasteiger partial charge in [-0.1, -0.05) is 18.2 Å². The lowest BCUT2D eigenvalue weighted by Crippen LogP contribution is -2.27. The van der Waals surface area contributed by atoms with Gasteiger partial charge in [-0.25, -0.2) is 4.39 Å². The number of hydrogen-bond donors (Lipinski definition) is 1. The van der Waals surface area contributed by atoms with Crippen molar-refractivity contribution in [2.24, 2.45) is 5.73 Å². The molecule has 0 aromatic heterocycles. The molecule has 110 valence electrons. The van der Waals surface area contributed by atoms with Crippen molar-refractivity contribution in [3.63, 3.8) is 0 Å². The smallest absolute Gasteiger partial charge is 0.123 e. The van der Waals surface area contributed by atoms with Crippen molar-refractivity contribution in [2.75, 3.05) is 13.7 Å². The predicted octanol–water partition coefficient (Wildman–Crippen LogP) is 2.85. The quantitative estimate of drug-likeness (QED) is 0.939. The molecule has 1 atom stereocenters. The Morgan fingerprint density at radius 2 is 2.00 bits per heavy atom. The third-order valence-corrected chi connectivity index (χ3v) is 4.05. The molecule has 0 saturated heterocycles. The standard InChI is InChI=1S/C17H19FN2O/c1-21-15-6-2-12(3-7-15)10-20-11-13-4-5-14(18)8-16(13)17(20)9-19/h2-8,17H,9-11,19H2,1H3. The molecule has 0 bridgehead atoms. The van der Waals surface area contributed by atoms with E-state index in [1.807, 2.05) is 18.2 Å². The van der Waals surface area contributed by atoms with Gasteiger partial charge in [0.15, 0.2) is 0 Å². The van der Waals surface area contributed by atoms with Gasteiger partial charge in [-0.2, -0.15) is 0 Å². The zero-order valence-corrected chi connectivity index (χ0v) is 12.1. The number of ether oxygens (including phenoxy) is 1. The van der Waals surface area contributed by atoms with Crippen LogP contribution in [0.15, 0.2) is 42.5 Å². The Morgan fingerprint density at radius 1 is 1.24 bits per heavy atom. The molecular formula is C17H19FN2O. The second-order valence-electron chi connectivity index (χ2n) is 5.35. The molecular weight excluding hydrogens is 267 g/mol. The van der Waals surface area contributed by atoms with E-state index in [2.05, 4.69) is 17.0 Å². The first kappa shape index (κ1) is 14.0. The SMILES string of the molecule is COc1ccc(CN2Cc3ccc(F)cc3C2CN)cc1. The molecule has 0 aliphatic carbocycles. The number of fused-ring (bicyclic) bond motifs is 1. The Hall–Kier alpha value is -1.91. The fraction of sp³-hybridized carbons (Fsp3) is 0.294. The van der Waals surface area contributed by atoms with Crippen molar-refractivity contribution in [2.45, 2.75) is 19.1 Å². The van der Waals surface area contributed by atoms with Crippen LogP contribution in [0, 0.1) is 5.82 Å². The van der Waals surface area contributed by atoms with Crippen LogP contribution in [-0.4, -0.2) is 18.6 Å². The van der Waals surface area contributed by atoms with Gasteiger partial charge in [0.25, 0.3) is 0 Å². The highest BCUT2D eigenvalue weighted by atomic mass is 19.1. The zero-order chi connectivity index (χ0) is 14.8. The molecule has 3 rings (SSSR count). The highest BCUT2D eigenvalue weighted by molar-refractivity contribution is 5.35. The second kappa shape index (κ2) is 5.84. The van der Waals surface area contributed by atoms with Crippen LogP contribution < -0.4 is 10.5 Å². The Kier molecular flexibility index (Phi) is 3.90. The minimum Gasteiger partial charge on any atom is -0.497 e. The maximum absolute atomic E-state index is 13.4. The third kappa shape index (κ3) is 2.77. The van der Waals surface area contributed by atoms with Crippen LogP contribution in [0.4, 0.5) is 4.39 Å². The number of halogens is 1. The summed E-state index contributed by atoms with van der Waals surface area (Å²) in [6.07, 6.45) is 0. The molecule has 1 aliphatic heterocycles. The third-order valence-electron chi connectivity index (χ3n) is 4.05. The van der Waals surface area contributed by atoms with E-state index >= 15 is 0 Å². The van der Waals surface area contributed by atoms with Gasteiger partial charge in [-0.3, -0.25) is 4.90 Å². The van der Waals surface area contributed by atoms with Gasteiger partial charge in [0.1, 0.15) is 11.6 Å². The second-order valence-corrected chi connectivity index (χ2v) is 5.35. The maximum Gasteiger partial charge on any atom is 0.123 e. The van der Waals surface area contributed by atoms with Crippen molar-refractivity contribution in [3.8, 4) is 5.75 Å². The van der Waals surface area contributed by atoms with Crippen molar-refractivity contribution in [3.05, 3.63) is 65.0 Å². The van der Waals surface area contributed by atoms with E-state index in [1.54, 1.807) is 13.2 Å². The first-order valence-electron chi connectivity index (χ1n) is 7.06. The van der Waals surface area contributed by atoms with Crippen molar-refractivity contribution in [1.82, 2.24) is 4.90 Å². The molecule has 0 amide bonds. The summed E-state index contributed by atoms with van der Waals surface area (Å²) in [5.41, 5.74) is 9.29. The summed E-state index contributed by atoms with van der Waals surface area (Å²) in [5.74, 6) is 0.652. The molecule has 2 N–H and O–H groups in total. The van der Waals surface area contributed by atoms with E-state index in [4.69, 9.17) is 10.5 Å². The zero-order valence-electron chi connectivity index (χ0n) is 12.1. The lowest BCUT2D eigenvalue weighted by atomic mass is 10.0. The molecule has 2 aromatic rings. The molecule has 1 unspecified atom stereocenters. The van der Waals surface area contributed by atoms with E-state index in [1.165, 1.54) is 17.2 Å². The Morgan fingerprint density at radius 3 is 2.67 bits per heavy atom.